The summed E-state index contributed by atoms with van der Waals surface area (Å²) < 4.78 is 43.9. The zero-order valence-corrected chi connectivity index (χ0v) is 21.3. The van der Waals surface area contributed by atoms with Gasteiger partial charge in [-0.2, -0.15) is 14.7 Å². The molecular formula is C25H27BrFN7O3. The molecule has 0 radical (unpaired) electrons. The molecule has 1 unspecified atom stereocenters. The van der Waals surface area contributed by atoms with E-state index in [1.54, 1.807) is 34.0 Å². The van der Waals surface area contributed by atoms with Gasteiger partial charge >= 0.3 is 5.97 Å². The summed E-state index contributed by atoms with van der Waals surface area (Å²) >= 11 is 3.56. The van der Waals surface area contributed by atoms with Gasteiger partial charge < -0.3 is 15.6 Å². The minimum Gasteiger partial charge on any atom is -0.479 e. The van der Waals surface area contributed by atoms with Gasteiger partial charge in [-0.15, -0.1) is 0 Å². The van der Waals surface area contributed by atoms with Gasteiger partial charge in [-0.1, -0.05) is 6.07 Å². The van der Waals surface area contributed by atoms with Gasteiger partial charge in [0.15, 0.2) is 11.8 Å². The molecule has 0 aromatic carbocycles. The average molecular weight is 575 g/mol. The minimum atomic E-state index is -2.44. The predicted octanol–water partition coefficient (Wildman–Crippen LogP) is 4.34. The third-order valence-electron chi connectivity index (χ3n) is 6.88. The number of pyridine rings is 1. The molecule has 0 saturated heterocycles. The van der Waals surface area contributed by atoms with E-state index in [2.05, 4.69) is 31.1 Å². The van der Waals surface area contributed by atoms with E-state index in [4.69, 9.17) is 24.7 Å². The fraction of sp³-hybridized carbons (Fsp3) is 0.400. The third-order valence-corrected chi connectivity index (χ3v) is 7.69. The molecule has 4 aromatic heterocycles. The first-order chi connectivity index (χ1) is 19.0. The quantitative estimate of drug-likeness (QED) is 0.317. The number of nitrogens with zero attached hydrogens (tertiary/aromatic N) is 6. The van der Waals surface area contributed by atoms with Gasteiger partial charge in [0.05, 0.1) is 45.5 Å². The van der Waals surface area contributed by atoms with Crippen molar-refractivity contribution < 1.29 is 23.1 Å². The van der Waals surface area contributed by atoms with Crippen LogP contribution in [0.5, 0.6) is 0 Å². The number of aromatic nitrogens is 6. The Hall–Kier alpha value is -3.38. The van der Waals surface area contributed by atoms with E-state index >= 15 is 0 Å². The molecule has 10 nitrogen and oxygen atoms in total. The molecule has 0 aliphatic heterocycles. The van der Waals surface area contributed by atoms with E-state index in [1.807, 2.05) is 12.1 Å². The zero-order chi connectivity index (χ0) is 28.6. The van der Waals surface area contributed by atoms with E-state index in [9.17, 15) is 9.18 Å². The molecule has 0 bridgehead atoms. The van der Waals surface area contributed by atoms with Gasteiger partial charge in [0, 0.05) is 48.0 Å². The molecule has 1 fully saturated rings. The van der Waals surface area contributed by atoms with Gasteiger partial charge in [-0.3, -0.25) is 9.67 Å². The number of fused-ring (bicyclic) bond motifs is 1. The number of carboxylic acid groups (broad SMARTS) is 1. The Kier molecular flexibility index (Phi) is 6.18. The highest BCUT2D eigenvalue weighted by molar-refractivity contribution is 9.10. The van der Waals surface area contributed by atoms with Crippen molar-refractivity contribution in [2.45, 2.75) is 44.3 Å². The standard InChI is InChI=1S/C25H27BrFN7O3/c1-37-9-8-33-13-17(11-30-33)19-7-6-16(10-29-19)18-12-31-34-23(28)20(26)22(32-24(18)34)15-4-2-14(3-5-15)21(27)25(35)36/h6-7,10-15,21H,2-5,8-9,28H2,1H3,(H,35,36)/i1D3. The van der Waals surface area contributed by atoms with E-state index < -0.39 is 25.1 Å². The molecule has 0 amide bonds. The first kappa shape index (κ1) is 21.7. The average Bonchev–Trinajstić information content (AvgIpc) is 3.57. The van der Waals surface area contributed by atoms with E-state index in [-0.39, 0.29) is 12.5 Å². The summed E-state index contributed by atoms with van der Waals surface area (Å²) in [7, 11) is -2.44. The summed E-state index contributed by atoms with van der Waals surface area (Å²) in [5.74, 6) is -1.52. The molecule has 1 aliphatic rings. The van der Waals surface area contributed by atoms with Crippen molar-refractivity contribution in [3.63, 3.8) is 0 Å². The second kappa shape index (κ2) is 10.5. The van der Waals surface area contributed by atoms with Crippen molar-refractivity contribution in [3.8, 4) is 22.4 Å². The summed E-state index contributed by atoms with van der Waals surface area (Å²) in [6, 6.07) is 3.74. The Balaban J connectivity index is 1.35. The van der Waals surface area contributed by atoms with Crippen LogP contribution in [0.15, 0.2) is 41.4 Å². The largest absolute Gasteiger partial charge is 0.479 e. The molecule has 37 heavy (non-hydrogen) atoms. The number of nitrogens with two attached hydrogens (primary N) is 1. The summed E-state index contributed by atoms with van der Waals surface area (Å²) in [6.07, 6.45) is 7.07. The fourth-order valence-electron chi connectivity index (χ4n) is 4.86. The smallest absolute Gasteiger partial charge is 0.338 e. The van der Waals surface area contributed by atoms with Crippen LogP contribution in [0.4, 0.5) is 10.2 Å². The molecule has 4 heterocycles. The van der Waals surface area contributed by atoms with Gasteiger partial charge in [-0.25, -0.2) is 14.2 Å². The number of hydrogen-bond acceptors (Lipinski definition) is 7. The second-order valence-electron chi connectivity index (χ2n) is 9.11. The number of carboxylic acids is 1. The maximum Gasteiger partial charge on any atom is 0.338 e. The molecule has 1 aliphatic carbocycles. The lowest BCUT2D eigenvalue weighted by Gasteiger charge is -2.29. The van der Waals surface area contributed by atoms with E-state index in [1.165, 1.54) is 0 Å². The second-order valence-corrected chi connectivity index (χ2v) is 9.91. The maximum atomic E-state index is 14.0. The molecule has 4 aromatic rings. The zero-order valence-electron chi connectivity index (χ0n) is 22.7. The minimum absolute atomic E-state index is 0.00359. The monoisotopic (exact) mass is 574 g/mol. The number of methoxy groups -OCH3 is 1. The Morgan fingerprint density at radius 2 is 2.08 bits per heavy atom. The molecule has 194 valence electrons. The van der Waals surface area contributed by atoms with Gasteiger partial charge in [0.25, 0.3) is 0 Å². The molecule has 12 heteroatoms. The number of rotatable bonds is 8. The van der Waals surface area contributed by atoms with Crippen molar-refractivity contribution in [3.05, 3.63) is 47.1 Å². The highest BCUT2D eigenvalue weighted by Gasteiger charge is 2.34. The Bertz CT molecular complexity index is 1520. The highest BCUT2D eigenvalue weighted by Crippen LogP contribution is 2.41. The van der Waals surface area contributed by atoms with Gasteiger partial charge in [-0.05, 0) is 47.7 Å². The van der Waals surface area contributed by atoms with Crippen molar-refractivity contribution in [2.24, 2.45) is 5.92 Å². The van der Waals surface area contributed by atoms with Crippen molar-refractivity contribution in [1.29, 1.82) is 0 Å². The first-order valence-electron chi connectivity index (χ1n) is 13.3. The number of carbonyl (C=O) groups is 1. The summed E-state index contributed by atoms with van der Waals surface area (Å²) in [4.78, 5) is 20.5. The fourth-order valence-corrected chi connectivity index (χ4v) is 5.44. The van der Waals surface area contributed by atoms with Crippen LogP contribution in [0.25, 0.3) is 28.0 Å². The van der Waals surface area contributed by atoms with E-state index in [0.717, 1.165) is 22.4 Å². The normalized spacial score (nSPS) is 20.3. The third kappa shape index (κ3) is 4.95. The van der Waals surface area contributed by atoms with Crippen LogP contribution in [0, 0.1) is 5.92 Å². The van der Waals surface area contributed by atoms with Crippen LogP contribution >= 0.6 is 15.9 Å². The Morgan fingerprint density at radius 1 is 1.27 bits per heavy atom. The lowest BCUT2D eigenvalue weighted by atomic mass is 9.78. The van der Waals surface area contributed by atoms with E-state index in [0.29, 0.717) is 53.9 Å². The van der Waals surface area contributed by atoms with Crippen LogP contribution in [0.2, 0.25) is 0 Å². The molecular weight excluding hydrogens is 545 g/mol. The van der Waals surface area contributed by atoms with Crippen LogP contribution < -0.4 is 5.73 Å². The summed E-state index contributed by atoms with van der Waals surface area (Å²) in [6.45, 7) is 0.298. The highest BCUT2D eigenvalue weighted by atomic mass is 79.9. The van der Waals surface area contributed by atoms with Crippen LogP contribution in [-0.2, 0) is 16.1 Å². The lowest BCUT2D eigenvalue weighted by Crippen LogP contribution is -2.28. The predicted molar refractivity (Wildman–Crippen MR) is 139 cm³/mol. The summed E-state index contributed by atoms with van der Waals surface area (Å²) in [5.41, 5.74) is 10.7. The lowest BCUT2D eigenvalue weighted by molar-refractivity contribution is -0.145. The molecule has 3 N–H and O–H groups in total. The van der Waals surface area contributed by atoms with Crippen molar-refractivity contribution in [2.75, 3.05) is 19.4 Å². The number of nitrogen functional groups attached to an aromatic ring is 1. The maximum absolute atomic E-state index is 14.0. The number of aliphatic carboxylic acids is 1. The topological polar surface area (TPSA) is 133 Å². The Morgan fingerprint density at radius 3 is 2.78 bits per heavy atom. The number of ether oxygens (including phenoxy) is 1. The van der Waals surface area contributed by atoms with Crippen LogP contribution in [0.3, 0.4) is 0 Å². The van der Waals surface area contributed by atoms with Gasteiger partial charge in [0.2, 0.25) is 0 Å². The van der Waals surface area contributed by atoms with Crippen molar-refractivity contribution in [1.82, 2.24) is 29.4 Å². The van der Waals surface area contributed by atoms with Crippen LogP contribution in [-0.4, -0.2) is 60.3 Å². The number of halogens is 2. The first-order valence-corrected chi connectivity index (χ1v) is 12.6. The molecule has 1 saturated carbocycles. The number of hydrogen-bond donors (Lipinski definition) is 2. The van der Waals surface area contributed by atoms with Gasteiger partial charge in [0.1, 0.15) is 5.82 Å². The summed E-state index contributed by atoms with van der Waals surface area (Å²) in [5, 5.41) is 17.7. The number of alkyl halides is 1. The molecule has 0 spiro atoms. The SMILES string of the molecule is [2H]C([2H])([2H])OCCn1cc(-c2ccc(-c3cnn4c(N)c(Br)c(C5CCC(C(F)C(=O)O)CC5)nc34)cn2)cn1. The van der Waals surface area contributed by atoms with Crippen molar-refractivity contribution >= 4 is 33.4 Å². The molecule has 5 rings (SSSR count). The van der Waals surface area contributed by atoms with Crippen LogP contribution in [0.1, 0.15) is 41.4 Å². The number of anilines is 1. The Labute approximate surface area is 225 Å². The molecule has 1 atom stereocenters.